The molecule has 17 heavy (non-hydrogen) atoms. The first-order valence-electron chi connectivity index (χ1n) is 6.27. The number of halogens is 1. The van der Waals surface area contributed by atoms with Crippen LogP contribution in [0, 0.1) is 12.8 Å². The molecule has 0 aromatic heterocycles. The highest BCUT2D eigenvalue weighted by Gasteiger charge is 2.51. The molecule has 2 fully saturated rings. The topological polar surface area (TPSA) is 23.5 Å². The zero-order chi connectivity index (χ0) is 12.0. The van der Waals surface area contributed by atoms with Gasteiger partial charge in [0.15, 0.2) is 0 Å². The number of rotatable bonds is 3. The fourth-order valence-corrected chi connectivity index (χ4v) is 3.04. The number of likely N-dealkylation sites (tertiary alicyclic amines) is 1. The summed E-state index contributed by atoms with van der Waals surface area (Å²) in [5.41, 5.74) is 1.96. The molecule has 1 aliphatic carbocycles. The second-order valence-electron chi connectivity index (χ2n) is 5.62. The Morgan fingerprint density at radius 3 is 2.71 bits per heavy atom. The monoisotopic (exact) mass is 251 g/mol. The van der Waals surface area contributed by atoms with E-state index >= 15 is 0 Å². The van der Waals surface area contributed by atoms with Crippen LogP contribution in [-0.4, -0.2) is 28.7 Å². The maximum atomic E-state index is 10.2. The number of hydrogen-bond donors (Lipinski definition) is 1. The fraction of sp³-hybridized carbons (Fsp3) is 0.571. The number of hydrogen-bond acceptors (Lipinski definition) is 2. The van der Waals surface area contributed by atoms with Crippen LogP contribution in [-0.2, 0) is 6.54 Å². The molecule has 0 bridgehead atoms. The van der Waals surface area contributed by atoms with Crippen LogP contribution in [0.5, 0.6) is 0 Å². The highest BCUT2D eigenvalue weighted by molar-refractivity contribution is 6.31. The first-order valence-corrected chi connectivity index (χ1v) is 6.64. The van der Waals surface area contributed by atoms with Crippen LogP contribution in [0.25, 0.3) is 0 Å². The van der Waals surface area contributed by atoms with Crippen molar-refractivity contribution in [3.8, 4) is 0 Å². The molecule has 1 aromatic rings. The smallest absolute Gasteiger partial charge is 0.0928 e. The zero-order valence-electron chi connectivity index (χ0n) is 10.1. The summed E-state index contributed by atoms with van der Waals surface area (Å²) in [4.78, 5) is 2.27. The van der Waals surface area contributed by atoms with E-state index in [1.807, 2.05) is 13.0 Å². The Hall–Kier alpha value is -0.570. The quantitative estimate of drug-likeness (QED) is 0.893. The first kappa shape index (κ1) is 11.5. The summed E-state index contributed by atoms with van der Waals surface area (Å²) in [6.45, 7) is 4.52. The van der Waals surface area contributed by atoms with Crippen LogP contribution in [0.3, 0.4) is 0 Å². The Balaban J connectivity index is 1.61. The lowest BCUT2D eigenvalue weighted by atomic mass is 9.88. The predicted molar refractivity (Wildman–Crippen MR) is 69.1 cm³/mol. The summed E-state index contributed by atoms with van der Waals surface area (Å²) < 4.78 is 0. The van der Waals surface area contributed by atoms with Crippen molar-refractivity contribution in [2.45, 2.75) is 31.9 Å². The number of aryl methyl sites for hydroxylation is 1. The van der Waals surface area contributed by atoms with Crippen LogP contribution in [0.1, 0.15) is 24.0 Å². The second-order valence-corrected chi connectivity index (χ2v) is 6.03. The molecule has 1 saturated carbocycles. The lowest BCUT2D eigenvalue weighted by molar-refractivity contribution is -0.116. The third kappa shape index (κ3) is 2.22. The van der Waals surface area contributed by atoms with Gasteiger partial charge in [0.25, 0.3) is 0 Å². The van der Waals surface area contributed by atoms with Crippen molar-refractivity contribution >= 4 is 11.6 Å². The normalized spacial score (nSPS) is 23.5. The Labute approximate surface area is 107 Å². The van der Waals surface area contributed by atoms with Crippen molar-refractivity contribution in [1.82, 2.24) is 4.90 Å². The van der Waals surface area contributed by atoms with Gasteiger partial charge in [-0.3, -0.25) is 4.90 Å². The zero-order valence-corrected chi connectivity index (χ0v) is 10.9. The molecule has 1 aromatic carbocycles. The number of nitrogens with zero attached hydrogens (tertiary/aromatic N) is 1. The Bertz CT molecular complexity index is 436. The van der Waals surface area contributed by atoms with E-state index in [-0.39, 0.29) is 0 Å². The van der Waals surface area contributed by atoms with Crippen LogP contribution >= 0.6 is 11.6 Å². The van der Waals surface area contributed by atoms with Gasteiger partial charge in [0.05, 0.1) is 5.60 Å². The van der Waals surface area contributed by atoms with Gasteiger partial charge in [-0.1, -0.05) is 23.7 Å². The van der Waals surface area contributed by atoms with E-state index in [4.69, 9.17) is 11.6 Å². The van der Waals surface area contributed by atoms with Gasteiger partial charge in [-0.25, -0.2) is 0 Å². The van der Waals surface area contributed by atoms with Crippen molar-refractivity contribution in [3.05, 3.63) is 34.3 Å². The largest absolute Gasteiger partial charge is 0.387 e. The maximum absolute atomic E-state index is 10.2. The van der Waals surface area contributed by atoms with Gasteiger partial charge in [0, 0.05) is 24.7 Å². The van der Waals surface area contributed by atoms with Crippen molar-refractivity contribution in [2.75, 3.05) is 13.1 Å². The number of aliphatic hydroxyl groups is 1. The van der Waals surface area contributed by atoms with E-state index in [9.17, 15) is 5.11 Å². The molecule has 2 nitrogen and oxygen atoms in total. The molecule has 0 radical (unpaired) electrons. The van der Waals surface area contributed by atoms with Crippen molar-refractivity contribution in [1.29, 1.82) is 0 Å². The molecule has 1 heterocycles. The van der Waals surface area contributed by atoms with Crippen LogP contribution in [0.2, 0.25) is 5.02 Å². The molecular weight excluding hydrogens is 234 g/mol. The molecule has 92 valence electrons. The third-order valence-electron chi connectivity index (χ3n) is 3.93. The minimum atomic E-state index is -0.392. The van der Waals surface area contributed by atoms with E-state index < -0.39 is 5.60 Å². The number of β-amino-alcohol motifs (C(OH)–C–C–N with tert-alkyl or cyclic N) is 1. The average Bonchev–Trinajstić information content (AvgIpc) is 3.02. The molecule has 1 N–H and O–H groups in total. The Morgan fingerprint density at radius 2 is 2.12 bits per heavy atom. The third-order valence-corrected chi connectivity index (χ3v) is 4.29. The molecule has 0 spiro atoms. The minimum Gasteiger partial charge on any atom is -0.387 e. The molecular formula is C14H18ClNO. The SMILES string of the molecule is Cc1ccc(CN2CC(O)(C3CC3)C2)c(Cl)c1. The molecule has 1 saturated heterocycles. The molecule has 1 aliphatic heterocycles. The van der Waals surface area contributed by atoms with E-state index in [0.29, 0.717) is 5.92 Å². The molecule has 0 amide bonds. The molecule has 0 unspecified atom stereocenters. The Morgan fingerprint density at radius 1 is 1.41 bits per heavy atom. The highest BCUT2D eigenvalue weighted by atomic mass is 35.5. The van der Waals surface area contributed by atoms with Crippen LogP contribution < -0.4 is 0 Å². The fourth-order valence-electron chi connectivity index (χ4n) is 2.74. The lowest BCUT2D eigenvalue weighted by Gasteiger charge is -2.47. The van der Waals surface area contributed by atoms with Gasteiger partial charge in [-0.2, -0.15) is 0 Å². The predicted octanol–water partition coefficient (Wildman–Crippen LogP) is 2.61. The second kappa shape index (κ2) is 3.98. The van der Waals surface area contributed by atoms with Gasteiger partial charge in [-0.05, 0) is 42.9 Å². The van der Waals surface area contributed by atoms with Gasteiger partial charge in [0.2, 0.25) is 0 Å². The lowest BCUT2D eigenvalue weighted by Crippen LogP contribution is -2.62. The van der Waals surface area contributed by atoms with E-state index in [2.05, 4.69) is 17.0 Å². The molecule has 0 atom stereocenters. The summed E-state index contributed by atoms with van der Waals surface area (Å²) in [5.74, 6) is 0.562. The highest BCUT2D eigenvalue weighted by Crippen LogP contribution is 2.44. The maximum Gasteiger partial charge on any atom is 0.0928 e. The summed E-state index contributed by atoms with van der Waals surface area (Å²) in [7, 11) is 0. The van der Waals surface area contributed by atoms with Gasteiger partial charge < -0.3 is 5.11 Å². The van der Waals surface area contributed by atoms with Crippen LogP contribution in [0.4, 0.5) is 0 Å². The van der Waals surface area contributed by atoms with Crippen molar-refractivity contribution < 1.29 is 5.11 Å². The molecule has 2 aliphatic rings. The first-order chi connectivity index (χ1) is 8.07. The van der Waals surface area contributed by atoms with Crippen molar-refractivity contribution in [3.63, 3.8) is 0 Å². The summed E-state index contributed by atoms with van der Waals surface area (Å²) in [5, 5.41) is 11.1. The van der Waals surface area contributed by atoms with Gasteiger partial charge in [0.1, 0.15) is 0 Å². The van der Waals surface area contributed by atoms with Crippen molar-refractivity contribution in [2.24, 2.45) is 5.92 Å². The van der Waals surface area contributed by atoms with E-state index in [1.54, 1.807) is 0 Å². The molecule has 3 heteroatoms. The van der Waals surface area contributed by atoms with Gasteiger partial charge >= 0.3 is 0 Å². The number of benzene rings is 1. The Kier molecular flexibility index (Phi) is 2.69. The van der Waals surface area contributed by atoms with E-state index in [0.717, 1.165) is 30.2 Å². The molecule has 3 rings (SSSR count). The van der Waals surface area contributed by atoms with E-state index in [1.165, 1.54) is 18.4 Å². The minimum absolute atomic E-state index is 0.392. The summed E-state index contributed by atoms with van der Waals surface area (Å²) in [6.07, 6.45) is 2.41. The standard InChI is InChI=1S/C14H18ClNO/c1-10-2-3-11(13(15)6-10)7-16-8-14(17,9-16)12-4-5-12/h2-3,6,12,17H,4-5,7-9H2,1H3. The summed E-state index contributed by atoms with van der Waals surface area (Å²) >= 11 is 6.21. The van der Waals surface area contributed by atoms with Gasteiger partial charge in [-0.15, -0.1) is 0 Å². The average molecular weight is 252 g/mol. The van der Waals surface area contributed by atoms with Crippen LogP contribution in [0.15, 0.2) is 18.2 Å². The summed E-state index contributed by atoms with van der Waals surface area (Å²) in [6, 6.07) is 6.18.